The molecule has 25 heavy (non-hydrogen) atoms. The lowest BCUT2D eigenvalue weighted by molar-refractivity contribution is -0.134. The van der Waals surface area contributed by atoms with Gasteiger partial charge < -0.3 is 14.2 Å². The molecule has 2 aromatic rings. The van der Waals surface area contributed by atoms with Gasteiger partial charge in [0.2, 0.25) is 5.91 Å². The number of amides is 2. The molecule has 8 heteroatoms. The van der Waals surface area contributed by atoms with Crippen LogP contribution in [0.25, 0.3) is 11.0 Å². The molecule has 2 aliphatic heterocycles. The number of furan rings is 1. The highest BCUT2D eigenvalue weighted by molar-refractivity contribution is 7.99. The van der Waals surface area contributed by atoms with Crippen LogP contribution in [0.5, 0.6) is 0 Å². The van der Waals surface area contributed by atoms with Gasteiger partial charge in [-0.2, -0.15) is 11.8 Å². The Morgan fingerprint density at radius 3 is 2.76 bits per heavy atom. The van der Waals surface area contributed by atoms with Gasteiger partial charge >= 0.3 is 0 Å². The molecule has 0 spiro atoms. The van der Waals surface area contributed by atoms with Crippen LogP contribution in [-0.2, 0) is 4.79 Å². The summed E-state index contributed by atoms with van der Waals surface area (Å²) in [5.74, 6) is 3.15. The van der Waals surface area contributed by atoms with Crippen molar-refractivity contribution in [2.75, 3.05) is 36.2 Å². The Morgan fingerprint density at radius 1 is 1.16 bits per heavy atom. The van der Waals surface area contributed by atoms with E-state index in [0.717, 1.165) is 30.0 Å². The fraction of sp³-hybridized carbons (Fsp3) is 0.412. The quantitative estimate of drug-likeness (QED) is 0.780. The van der Waals surface area contributed by atoms with E-state index in [1.165, 1.54) is 0 Å². The highest BCUT2D eigenvalue weighted by Gasteiger charge is 2.38. The van der Waals surface area contributed by atoms with Crippen LogP contribution in [0.15, 0.2) is 28.7 Å². The van der Waals surface area contributed by atoms with Crippen molar-refractivity contribution in [2.45, 2.75) is 6.04 Å². The Bertz CT molecular complexity index is 819. The predicted octanol–water partition coefficient (Wildman–Crippen LogP) is 3.18. The van der Waals surface area contributed by atoms with E-state index in [0.29, 0.717) is 22.2 Å². The van der Waals surface area contributed by atoms with E-state index in [1.807, 2.05) is 16.7 Å². The first-order valence-corrected chi connectivity index (χ1v) is 10.8. The lowest BCUT2D eigenvalue weighted by atomic mass is 10.2. The van der Waals surface area contributed by atoms with Crippen LogP contribution in [0.3, 0.4) is 0 Å². The van der Waals surface area contributed by atoms with Crippen LogP contribution < -0.4 is 0 Å². The number of benzene rings is 1. The molecule has 1 atom stereocenters. The van der Waals surface area contributed by atoms with Crippen LogP contribution >= 0.6 is 35.1 Å². The van der Waals surface area contributed by atoms with Crippen LogP contribution in [0.1, 0.15) is 10.6 Å². The molecule has 3 heterocycles. The zero-order valence-corrected chi connectivity index (χ0v) is 15.8. The minimum absolute atomic E-state index is 0.0535. The van der Waals surface area contributed by atoms with Gasteiger partial charge in [0.05, 0.1) is 5.88 Å². The number of halogens is 1. The van der Waals surface area contributed by atoms with Crippen molar-refractivity contribution in [3.8, 4) is 0 Å². The maximum atomic E-state index is 12.9. The van der Waals surface area contributed by atoms with Crippen molar-refractivity contribution < 1.29 is 14.0 Å². The lowest BCUT2D eigenvalue weighted by Gasteiger charge is -2.31. The van der Waals surface area contributed by atoms with E-state index in [4.69, 9.17) is 16.0 Å². The van der Waals surface area contributed by atoms with E-state index in [-0.39, 0.29) is 17.6 Å². The number of carbonyl (C=O) groups is 2. The van der Waals surface area contributed by atoms with Crippen LogP contribution in [0.4, 0.5) is 0 Å². The number of thioether (sulfide) groups is 2. The molecule has 0 radical (unpaired) electrons. The summed E-state index contributed by atoms with van der Waals surface area (Å²) in [6.45, 7) is 1.52. The highest BCUT2D eigenvalue weighted by Crippen LogP contribution is 2.28. The second-order valence-electron chi connectivity index (χ2n) is 6.02. The smallest absolute Gasteiger partial charge is 0.291 e. The van der Waals surface area contributed by atoms with Gasteiger partial charge in [0, 0.05) is 40.8 Å². The fourth-order valence-electron chi connectivity index (χ4n) is 3.10. The molecule has 1 unspecified atom stereocenters. The summed E-state index contributed by atoms with van der Waals surface area (Å²) < 4.78 is 5.68. The maximum Gasteiger partial charge on any atom is 0.291 e. The number of hydrogen-bond donors (Lipinski definition) is 0. The molecule has 1 aromatic heterocycles. The SMILES string of the molecule is O=C(C1CSCN1C(=O)c1cc2cc(Cl)ccc2o1)N1CCSCC1. The molecule has 4 rings (SSSR count). The van der Waals surface area contributed by atoms with E-state index in [2.05, 4.69) is 0 Å². The third kappa shape index (κ3) is 3.37. The van der Waals surface area contributed by atoms with Crippen molar-refractivity contribution in [1.82, 2.24) is 9.80 Å². The maximum absolute atomic E-state index is 12.9. The van der Waals surface area contributed by atoms with Gasteiger partial charge in [-0.15, -0.1) is 11.8 Å². The summed E-state index contributed by atoms with van der Waals surface area (Å²) >= 11 is 9.46. The number of hydrogen-bond acceptors (Lipinski definition) is 5. The van der Waals surface area contributed by atoms with Gasteiger partial charge in [-0.1, -0.05) is 11.6 Å². The predicted molar refractivity (Wildman–Crippen MR) is 102 cm³/mol. The first-order chi connectivity index (χ1) is 12.1. The summed E-state index contributed by atoms with van der Waals surface area (Å²) in [5, 5.41) is 1.39. The van der Waals surface area contributed by atoms with E-state index < -0.39 is 6.04 Å². The first-order valence-electron chi connectivity index (χ1n) is 8.08. The molecule has 2 aliphatic rings. The van der Waals surface area contributed by atoms with Gasteiger partial charge in [-0.25, -0.2) is 0 Å². The molecular weight excluding hydrogens is 380 g/mol. The average Bonchev–Trinajstić information content (AvgIpc) is 3.27. The highest BCUT2D eigenvalue weighted by atomic mass is 35.5. The molecular formula is C17H17ClN2O3S2. The second-order valence-corrected chi connectivity index (χ2v) is 8.68. The van der Waals surface area contributed by atoms with Crippen molar-refractivity contribution >= 4 is 57.9 Å². The molecule has 132 valence electrons. The first kappa shape index (κ1) is 17.1. The van der Waals surface area contributed by atoms with Crippen molar-refractivity contribution in [3.63, 3.8) is 0 Å². The standard InChI is InChI=1S/C17H17ClN2O3S2/c18-12-1-2-14-11(7-12)8-15(23-14)17(22)20-10-25-9-13(20)16(21)19-3-5-24-6-4-19/h1-2,7-8,13H,3-6,9-10H2. The zero-order chi connectivity index (χ0) is 17.4. The number of nitrogens with zero attached hydrogens (tertiary/aromatic N) is 2. The number of rotatable bonds is 2. The number of carbonyl (C=O) groups excluding carboxylic acids is 2. The van der Waals surface area contributed by atoms with Gasteiger partial charge in [0.1, 0.15) is 11.6 Å². The minimum atomic E-state index is -0.405. The monoisotopic (exact) mass is 396 g/mol. The van der Waals surface area contributed by atoms with E-state index in [9.17, 15) is 9.59 Å². The zero-order valence-electron chi connectivity index (χ0n) is 13.4. The Labute approximate surface area is 159 Å². The molecule has 0 bridgehead atoms. The third-order valence-electron chi connectivity index (χ3n) is 4.44. The Morgan fingerprint density at radius 2 is 1.96 bits per heavy atom. The van der Waals surface area contributed by atoms with Gasteiger partial charge in [-0.3, -0.25) is 9.59 Å². The summed E-state index contributed by atoms with van der Waals surface area (Å²) in [7, 11) is 0. The molecule has 0 saturated carbocycles. The van der Waals surface area contributed by atoms with Gasteiger partial charge in [0.25, 0.3) is 5.91 Å². The average molecular weight is 397 g/mol. The lowest BCUT2D eigenvalue weighted by Crippen LogP contribution is -2.51. The van der Waals surface area contributed by atoms with Gasteiger partial charge in [-0.05, 0) is 24.3 Å². The van der Waals surface area contributed by atoms with Crippen molar-refractivity contribution in [3.05, 3.63) is 35.0 Å². The van der Waals surface area contributed by atoms with E-state index >= 15 is 0 Å². The van der Waals surface area contributed by atoms with Crippen molar-refractivity contribution in [1.29, 1.82) is 0 Å². The van der Waals surface area contributed by atoms with Crippen LogP contribution in [0.2, 0.25) is 5.02 Å². The summed E-state index contributed by atoms with van der Waals surface area (Å²) in [6, 6.07) is 6.54. The largest absolute Gasteiger partial charge is 0.451 e. The fourth-order valence-corrected chi connectivity index (χ4v) is 5.33. The minimum Gasteiger partial charge on any atom is -0.451 e. The van der Waals surface area contributed by atoms with Crippen LogP contribution in [-0.4, -0.2) is 63.9 Å². The Kier molecular flexibility index (Phi) is 4.88. The van der Waals surface area contributed by atoms with E-state index in [1.54, 1.807) is 40.9 Å². The molecule has 2 amide bonds. The second kappa shape index (κ2) is 7.13. The molecule has 0 aliphatic carbocycles. The molecule has 5 nitrogen and oxygen atoms in total. The molecule has 2 fully saturated rings. The molecule has 2 saturated heterocycles. The van der Waals surface area contributed by atoms with Crippen molar-refractivity contribution in [2.24, 2.45) is 0 Å². The molecule has 1 aromatic carbocycles. The van der Waals surface area contributed by atoms with Crippen LogP contribution in [0, 0.1) is 0 Å². The topological polar surface area (TPSA) is 53.8 Å². The Hall–Kier alpha value is -1.31. The normalized spacial score (nSPS) is 21.1. The third-order valence-corrected chi connectivity index (χ3v) is 6.63. The number of fused-ring (bicyclic) bond motifs is 1. The summed E-state index contributed by atoms with van der Waals surface area (Å²) in [4.78, 5) is 29.2. The summed E-state index contributed by atoms with van der Waals surface area (Å²) in [6.07, 6.45) is 0. The Balaban J connectivity index is 1.56. The van der Waals surface area contributed by atoms with Gasteiger partial charge in [0.15, 0.2) is 5.76 Å². The summed E-state index contributed by atoms with van der Waals surface area (Å²) in [5.41, 5.74) is 0.621. The molecule has 0 N–H and O–H groups in total.